The smallest absolute Gasteiger partial charge is 0.119 e. The van der Waals surface area contributed by atoms with E-state index in [1.165, 1.54) is 44.9 Å². The maximum Gasteiger partial charge on any atom is 0.119 e. The summed E-state index contributed by atoms with van der Waals surface area (Å²) in [5, 5.41) is 0. The molecule has 0 saturated carbocycles. The molecule has 0 fully saturated rings. The summed E-state index contributed by atoms with van der Waals surface area (Å²) in [5.74, 6) is 0.928. The molecule has 0 aromatic heterocycles. The van der Waals surface area contributed by atoms with E-state index in [4.69, 9.17) is 14.5 Å². The van der Waals surface area contributed by atoms with Crippen molar-refractivity contribution in [2.45, 2.75) is 70.8 Å². The van der Waals surface area contributed by atoms with Crippen LogP contribution < -0.4 is 4.74 Å². The third-order valence-corrected chi connectivity index (χ3v) is 3.97. The highest BCUT2D eigenvalue weighted by Gasteiger charge is 2.11. The normalized spacial score (nSPS) is 12.0. The number of unbranched alkanes of at least 4 members (excludes halogenated alkanes) is 6. The maximum absolute atomic E-state index is 6.11. The Hall–Kier alpha value is -1.32. The first-order valence-electron chi connectivity index (χ1n) is 9.43. The fourth-order valence-electron chi connectivity index (χ4n) is 2.62. The van der Waals surface area contributed by atoms with Gasteiger partial charge in [0.05, 0.1) is 6.61 Å². The lowest BCUT2D eigenvalue weighted by Crippen LogP contribution is -2.19. The molecule has 24 heavy (non-hydrogen) atoms. The molecule has 3 nitrogen and oxygen atoms in total. The molecule has 3 heteroatoms. The molecule has 0 N–H and O–H groups in total. The first-order chi connectivity index (χ1) is 11.9. The van der Waals surface area contributed by atoms with Crippen LogP contribution in [0.4, 0.5) is 0 Å². The van der Waals surface area contributed by atoms with E-state index < -0.39 is 0 Å². The van der Waals surface area contributed by atoms with Crippen LogP contribution in [0.5, 0.6) is 5.75 Å². The summed E-state index contributed by atoms with van der Waals surface area (Å²) in [5.41, 5.74) is 0. The van der Waals surface area contributed by atoms with Gasteiger partial charge in [-0.2, -0.15) is 0 Å². The Kier molecular flexibility index (Phi) is 13.1. The molecule has 0 aliphatic heterocycles. The molecule has 136 valence electrons. The van der Waals surface area contributed by atoms with Crippen molar-refractivity contribution in [3.8, 4) is 5.75 Å². The molecule has 1 atom stereocenters. The van der Waals surface area contributed by atoms with Crippen LogP contribution in [0.1, 0.15) is 64.7 Å². The molecule has 1 aromatic rings. The molecule has 0 amide bonds. The fourth-order valence-corrected chi connectivity index (χ4v) is 2.62. The zero-order chi connectivity index (χ0) is 17.3. The van der Waals surface area contributed by atoms with Gasteiger partial charge in [0, 0.05) is 6.42 Å². The lowest BCUT2D eigenvalue weighted by molar-refractivity contribution is -0.288. The van der Waals surface area contributed by atoms with Crippen LogP contribution in [0.3, 0.4) is 0 Å². The number of benzene rings is 1. The van der Waals surface area contributed by atoms with Gasteiger partial charge in [-0.3, -0.25) is 0 Å². The molecule has 1 rings (SSSR count). The Morgan fingerprint density at radius 3 is 2.33 bits per heavy atom. The fraction of sp³-hybridized carbons (Fsp3) is 0.619. The monoisotopic (exact) mass is 334 g/mol. The van der Waals surface area contributed by atoms with Gasteiger partial charge in [-0.05, 0) is 25.0 Å². The number of hydrogen-bond acceptors (Lipinski definition) is 3. The van der Waals surface area contributed by atoms with Gasteiger partial charge in [0.1, 0.15) is 18.5 Å². The van der Waals surface area contributed by atoms with Gasteiger partial charge >= 0.3 is 0 Å². The van der Waals surface area contributed by atoms with Crippen molar-refractivity contribution in [1.82, 2.24) is 0 Å². The molecule has 0 aliphatic carbocycles. The third kappa shape index (κ3) is 11.3. The highest BCUT2D eigenvalue weighted by Crippen LogP contribution is 2.18. The standard InChI is InChI=1S/C21H34O3/c1-3-5-6-7-8-9-11-16-21(17-19-23-22-18-4-2)24-20-14-12-10-13-15-20/h4,10,12-15,21H,2-3,5-9,11,16-19H2,1H3. The molecule has 1 unspecified atom stereocenters. The molecule has 1 aromatic carbocycles. The molecule has 0 saturated heterocycles. The van der Waals surface area contributed by atoms with Crippen molar-refractivity contribution in [3.63, 3.8) is 0 Å². The van der Waals surface area contributed by atoms with Gasteiger partial charge in [-0.1, -0.05) is 69.7 Å². The Bertz CT molecular complexity index is 391. The van der Waals surface area contributed by atoms with Gasteiger partial charge in [-0.25, -0.2) is 9.78 Å². The number of rotatable bonds is 16. The average Bonchev–Trinajstić information content (AvgIpc) is 2.61. The van der Waals surface area contributed by atoms with Gasteiger partial charge in [0.25, 0.3) is 0 Å². The van der Waals surface area contributed by atoms with Gasteiger partial charge in [0.15, 0.2) is 0 Å². The molecular weight excluding hydrogens is 300 g/mol. The summed E-state index contributed by atoms with van der Waals surface area (Å²) in [7, 11) is 0. The molecule has 0 bridgehead atoms. The summed E-state index contributed by atoms with van der Waals surface area (Å²) in [6.07, 6.45) is 13.0. The highest BCUT2D eigenvalue weighted by molar-refractivity contribution is 5.21. The highest BCUT2D eigenvalue weighted by atomic mass is 17.2. The topological polar surface area (TPSA) is 27.7 Å². The van der Waals surface area contributed by atoms with Crippen LogP contribution in [0.25, 0.3) is 0 Å². The number of ether oxygens (including phenoxy) is 1. The van der Waals surface area contributed by atoms with Crippen molar-refractivity contribution in [1.29, 1.82) is 0 Å². The minimum atomic E-state index is 0.176. The minimum absolute atomic E-state index is 0.176. The van der Waals surface area contributed by atoms with Gasteiger partial charge in [0.2, 0.25) is 0 Å². The second kappa shape index (κ2) is 15.2. The molecular formula is C21H34O3. The summed E-state index contributed by atoms with van der Waals surface area (Å²) >= 11 is 0. The number of hydrogen-bond donors (Lipinski definition) is 0. The largest absolute Gasteiger partial charge is 0.490 e. The first-order valence-corrected chi connectivity index (χ1v) is 9.43. The SMILES string of the molecule is C=CCOOCCC(CCCCCCCCC)Oc1ccccc1. The third-order valence-electron chi connectivity index (χ3n) is 3.97. The second-order valence-electron chi connectivity index (χ2n) is 6.15. The minimum Gasteiger partial charge on any atom is -0.490 e. The van der Waals surface area contributed by atoms with Crippen LogP contribution in [0.15, 0.2) is 43.0 Å². The van der Waals surface area contributed by atoms with Crippen LogP contribution in [0.2, 0.25) is 0 Å². The molecule has 0 radical (unpaired) electrons. The van der Waals surface area contributed by atoms with Gasteiger partial charge in [-0.15, -0.1) is 6.58 Å². The van der Waals surface area contributed by atoms with Gasteiger partial charge < -0.3 is 4.74 Å². The van der Waals surface area contributed by atoms with E-state index in [0.29, 0.717) is 13.2 Å². The van der Waals surface area contributed by atoms with Crippen LogP contribution in [0, 0.1) is 0 Å². The van der Waals surface area contributed by atoms with E-state index in [0.717, 1.165) is 18.6 Å². The van der Waals surface area contributed by atoms with Crippen LogP contribution in [-0.2, 0) is 9.78 Å². The summed E-state index contributed by atoms with van der Waals surface area (Å²) in [6.45, 7) is 6.81. The molecule has 0 heterocycles. The van der Waals surface area contributed by atoms with E-state index in [1.54, 1.807) is 6.08 Å². The predicted molar refractivity (Wildman–Crippen MR) is 100 cm³/mol. The van der Waals surface area contributed by atoms with Crippen molar-refractivity contribution < 1.29 is 14.5 Å². The Morgan fingerprint density at radius 2 is 1.62 bits per heavy atom. The first kappa shape index (κ1) is 20.7. The van der Waals surface area contributed by atoms with Crippen molar-refractivity contribution in [3.05, 3.63) is 43.0 Å². The molecule has 0 spiro atoms. The maximum atomic E-state index is 6.11. The van der Waals surface area contributed by atoms with Crippen molar-refractivity contribution >= 4 is 0 Å². The van der Waals surface area contributed by atoms with Crippen LogP contribution in [-0.4, -0.2) is 19.3 Å². The predicted octanol–water partition coefficient (Wildman–Crippen LogP) is 6.10. The number of para-hydroxylation sites is 1. The zero-order valence-corrected chi connectivity index (χ0v) is 15.3. The quantitative estimate of drug-likeness (QED) is 0.158. The van der Waals surface area contributed by atoms with Crippen molar-refractivity contribution in [2.24, 2.45) is 0 Å². The summed E-state index contributed by atoms with van der Waals surface area (Å²) < 4.78 is 6.11. The van der Waals surface area contributed by atoms with E-state index >= 15 is 0 Å². The van der Waals surface area contributed by atoms with E-state index in [9.17, 15) is 0 Å². The Morgan fingerprint density at radius 1 is 0.917 bits per heavy atom. The lowest BCUT2D eigenvalue weighted by atomic mass is 10.0. The Labute approximate surface area is 147 Å². The summed E-state index contributed by atoms with van der Waals surface area (Å²) in [6, 6.07) is 10.0. The lowest BCUT2D eigenvalue weighted by Gasteiger charge is -2.19. The van der Waals surface area contributed by atoms with E-state index in [2.05, 4.69) is 13.5 Å². The molecule has 0 aliphatic rings. The van der Waals surface area contributed by atoms with Crippen LogP contribution >= 0.6 is 0 Å². The Balaban J connectivity index is 2.24. The van der Waals surface area contributed by atoms with Crippen molar-refractivity contribution in [2.75, 3.05) is 13.2 Å². The second-order valence-corrected chi connectivity index (χ2v) is 6.15. The summed E-state index contributed by atoms with van der Waals surface area (Å²) in [4.78, 5) is 10.2. The average molecular weight is 334 g/mol. The van der Waals surface area contributed by atoms with E-state index in [-0.39, 0.29) is 6.10 Å². The van der Waals surface area contributed by atoms with E-state index in [1.807, 2.05) is 30.3 Å². The zero-order valence-electron chi connectivity index (χ0n) is 15.3.